The second kappa shape index (κ2) is 15.9. The minimum absolute atomic E-state index is 0.539. The monoisotopic (exact) mass is 902 g/mol. The average Bonchev–Trinajstić information content (AvgIpc) is 4.16. The predicted octanol–water partition coefficient (Wildman–Crippen LogP) is 19.0. The zero-order valence-electron chi connectivity index (χ0n) is 39.5. The Labute approximate surface area is 408 Å². The van der Waals surface area contributed by atoms with Gasteiger partial charge in [-0.25, -0.2) is 0 Å². The molecule has 0 saturated heterocycles. The van der Waals surface area contributed by atoms with Gasteiger partial charge in [0.05, 0.1) is 44.5 Å². The highest BCUT2D eigenvalue weighted by atomic mass is 15.2. The molecule has 4 aromatic heterocycles. The summed E-state index contributed by atoms with van der Waals surface area (Å²) in [6.07, 6.45) is 12.8. The van der Waals surface area contributed by atoms with Crippen molar-refractivity contribution < 1.29 is 0 Å². The van der Waals surface area contributed by atoms with Crippen molar-refractivity contribution >= 4 is 110 Å². The normalized spacial score (nSPS) is 15.3. The zero-order valence-corrected chi connectivity index (χ0v) is 39.5. The van der Waals surface area contributed by atoms with E-state index in [0.29, 0.717) is 11.8 Å². The summed E-state index contributed by atoms with van der Waals surface area (Å²) in [5, 5.41) is 10.6. The second-order valence-corrected chi connectivity index (χ2v) is 20.4. The van der Waals surface area contributed by atoms with Crippen LogP contribution in [-0.4, -0.2) is 8.80 Å². The number of nitrogens with zero attached hydrogens (tertiary/aromatic N) is 4. The highest BCUT2D eigenvalue weighted by Gasteiger charge is 2.31. The van der Waals surface area contributed by atoms with Crippen LogP contribution in [-0.2, 0) is 0 Å². The molecule has 0 radical (unpaired) electrons. The van der Waals surface area contributed by atoms with Gasteiger partial charge in [0.1, 0.15) is 0 Å². The molecule has 15 rings (SSSR count). The lowest BCUT2D eigenvalue weighted by Gasteiger charge is -2.26. The van der Waals surface area contributed by atoms with Crippen molar-refractivity contribution in [3.63, 3.8) is 0 Å². The smallest absolute Gasteiger partial charge is 0.0641 e. The fourth-order valence-electron chi connectivity index (χ4n) is 13.7. The number of aromatic nitrogens is 2. The van der Waals surface area contributed by atoms with Crippen molar-refractivity contribution in [3.05, 3.63) is 205 Å². The van der Waals surface area contributed by atoms with Gasteiger partial charge < -0.3 is 18.6 Å². The van der Waals surface area contributed by atoms with Gasteiger partial charge >= 0.3 is 0 Å². The molecule has 0 amide bonds. The Morgan fingerprint density at radius 3 is 1.01 bits per heavy atom. The summed E-state index contributed by atoms with van der Waals surface area (Å²) in [5.74, 6) is 1.08. The standard InChI is InChI=1S/C66H54N4/c1-7-21-43(22-8-1)49-33-19-35-53-61-57(67(45-25-11-3-12-26-45)46-27-13-4-14-28-46)39-37-51-55-42-60-56(41-59(55)69(63(49)53)65(51)61)52-38-40-58(68(47-29-15-5-16-30-47)48-31-17-6-18-32-48)62-54-36-20-34-50(44-23-9-2-10-24-44)64(54)70(60)66(52)62/h3-6,11-20,25-44H,1-2,7-10,21-24H2. The van der Waals surface area contributed by atoms with Gasteiger partial charge in [-0.1, -0.05) is 160 Å². The minimum Gasteiger partial charge on any atom is -0.310 e. The van der Waals surface area contributed by atoms with Crippen LogP contribution in [0.25, 0.3) is 76.2 Å². The molecule has 0 atom stereocenters. The Balaban J connectivity index is 1.09. The van der Waals surface area contributed by atoms with Crippen LogP contribution in [0.4, 0.5) is 34.1 Å². The summed E-state index contributed by atoms with van der Waals surface area (Å²) >= 11 is 0. The molecule has 0 bridgehead atoms. The first-order valence-corrected chi connectivity index (χ1v) is 26.0. The Morgan fingerprint density at radius 1 is 0.300 bits per heavy atom. The van der Waals surface area contributed by atoms with Crippen LogP contribution in [0.15, 0.2) is 194 Å². The fourth-order valence-corrected chi connectivity index (χ4v) is 13.7. The van der Waals surface area contributed by atoms with Crippen molar-refractivity contribution in [3.8, 4) is 0 Å². The Bertz CT molecular complexity index is 3720. The molecular weight excluding hydrogens is 849 g/mol. The molecule has 2 fully saturated rings. The maximum absolute atomic E-state index is 2.72. The third-order valence-corrected chi connectivity index (χ3v) is 16.7. The van der Waals surface area contributed by atoms with Crippen molar-refractivity contribution in [2.45, 2.75) is 76.0 Å². The number of hydrogen-bond acceptors (Lipinski definition) is 2. The second-order valence-electron chi connectivity index (χ2n) is 20.4. The van der Waals surface area contributed by atoms with Gasteiger partial charge in [0, 0.05) is 65.8 Å². The molecule has 0 spiro atoms. The van der Waals surface area contributed by atoms with E-state index in [0.717, 1.165) is 22.7 Å². The molecule has 13 aromatic rings. The van der Waals surface area contributed by atoms with Crippen molar-refractivity contribution in [2.75, 3.05) is 9.80 Å². The molecule has 9 aromatic carbocycles. The lowest BCUT2D eigenvalue weighted by molar-refractivity contribution is 0.445. The Hall–Kier alpha value is -7.82. The summed E-state index contributed by atoms with van der Waals surface area (Å²) in [6, 6.07) is 73.2. The topological polar surface area (TPSA) is 15.3 Å². The van der Waals surface area contributed by atoms with E-state index in [2.05, 4.69) is 213 Å². The van der Waals surface area contributed by atoms with Gasteiger partial charge in [0.2, 0.25) is 0 Å². The molecule has 0 N–H and O–H groups in total. The number of benzene rings is 9. The number of rotatable bonds is 8. The van der Waals surface area contributed by atoms with E-state index in [1.54, 1.807) is 0 Å². The van der Waals surface area contributed by atoms with Crippen LogP contribution < -0.4 is 9.80 Å². The van der Waals surface area contributed by atoms with Crippen LogP contribution in [0, 0.1) is 0 Å². The summed E-state index contributed by atoms with van der Waals surface area (Å²) in [6.45, 7) is 0. The lowest BCUT2D eigenvalue weighted by atomic mass is 9.83. The fraction of sp³-hybridized carbons (Fsp3) is 0.182. The first-order valence-electron chi connectivity index (χ1n) is 26.0. The SMILES string of the molecule is c1ccc(N(c2ccccc2)c2ccc3c4cc5c(cc4n4c6c(C7CCCCC7)cccc6c2c34)c2ccc(N(c3ccccc3)c3ccccc3)c3c4cccc(C6CCCCC6)c4n5c23)cc1. The van der Waals surface area contributed by atoms with Crippen molar-refractivity contribution in [1.82, 2.24) is 8.80 Å². The van der Waals surface area contributed by atoms with E-state index in [4.69, 9.17) is 0 Å². The third-order valence-electron chi connectivity index (χ3n) is 16.7. The molecule has 4 heteroatoms. The molecule has 4 nitrogen and oxygen atoms in total. The van der Waals surface area contributed by atoms with Crippen LogP contribution in [0.5, 0.6) is 0 Å². The predicted molar refractivity (Wildman–Crippen MR) is 297 cm³/mol. The van der Waals surface area contributed by atoms with Gasteiger partial charge in [-0.15, -0.1) is 0 Å². The van der Waals surface area contributed by atoms with Crippen LogP contribution in [0.2, 0.25) is 0 Å². The molecular formula is C66H54N4. The minimum atomic E-state index is 0.539. The zero-order chi connectivity index (χ0) is 45.9. The first-order chi connectivity index (χ1) is 34.8. The number of fused-ring (bicyclic) bond motifs is 12. The number of anilines is 6. The highest BCUT2D eigenvalue weighted by molar-refractivity contribution is 6.32. The van der Waals surface area contributed by atoms with E-state index in [9.17, 15) is 0 Å². The quantitative estimate of drug-likeness (QED) is 0.151. The number of hydrogen-bond donors (Lipinski definition) is 0. The summed E-state index contributed by atoms with van der Waals surface area (Å²) in [7, 11) is 0. The maximum atomic E-state index is 2.72. The molecule has 0 unspecified atom stereocenters. The molecule has 4 heterocycles. The van der Waals surface area contributed by atoms with Gasteiger partial charge in [-0.3, -0.25) is 0 Å². The van der Waals surface area contributed by atoms with Crippen molar-refractivity contribution in [2.24, 2.45) is 0 Å². The van der Waals surface area contributed by atoms with Gasteiger partial charge in [0.25, 0.3) is 0 Å². The van der Waals surface area contributed by atoms with E-state index >= 15 is 0 Å². The molecule has 2 aliphatic carbocycles. The van der Waals surface area contributed by atoms with Gasteiger partial charge in [0.15, 0.2) is 0 Å². The summed E-state index contributed by atoms with van der Waals surface area (Å²) in [4.78, 5) is 4.97. The van der Waals surface area contributed by atoms with Crippen LogP contribution >= 0.6 is 0 Å². The maximum Gasteiger partial charge on any atom is 0.0641 e. The van der Waals surface area contributed by atoms with E-state index in [-0.39, 0.29) is 0 Å². The molecule has 2 aliphatic rings. The van der Waals surface area contributed by atoms with E-state index < -0.39 is 0 Å². The largest absolute Gasteiger partial charge is 0.310 e. The first kappa shape index (κ1) is 40.1. The molecule has 0 aliphatic heterocycles. The van der Waals surface area contributed by atoms with Crippen molar-refractivity contribution in [1.29, 1.82) is 0 Å². The third kappa shape index (κ3) is 5.83. The molecule has 70 heavy (non-hydrogen) atoms. The average molecular weight is 903 g/mol. The molecule has 2 saturated carbocycles. The van der Waals surface area contributed by atoms with E-state index in [1.165, 1.54) is 163 Å². The number of para-hydroxylation sites is 6. The van der Waals surface area contributed by atoms with Gasteiger partial charge in [-0.2, -0.15) is 0 Å². The lowest BCUT2D eigenvalue weighted by Crippen LogP contribution is -2.10. The van der Waals surface area contributed by atoms with Crippen LogP contribution in [0.1, 0.15) is 87.2 Å². The summed E-state index contributed by atoms with van der Waals surface area (Å²) < 4.78 is 5.43. The van der Waals surface area contributed by atoms with Gasteiger partial charge in [-0.05, 0) is 121 Å². The highest BCUT2D eigenvalue weighted by Crippen LogP contribution is 2.53. The molecule has 338 valence electrons. The van der Waals surface area contributed by atoms with Crippen LogP contribution in [0.3, 0.4) is 0 Å². The Kier molecular flexibility index (Phi) is 9.09. The Morgan fingerprint density at radius 2 is 0.657 bits per heavy atom. The van der Waals surface area contributed by atoms with E-state index in [1.807, 2.05) is 0 Å². The summed E-state index contributed by atoms with van der Waals surface area (Å²) in [5.41, 5.74) is 18.1.